The van der Waals surface area contributed by atoms with Crippen LogP contribution in [0.5, 0.6) is 0 Å². The molecule has 0 fully saturated rings. The number of hydrogen-bond acceptors (Lipinski definition) is 5. The van der Waals surface area contributed by atoms with Gasteiger partial charge in [0.15, 0.2) is 5.58 Å². The van der Waals surface area contributed by atoms with Gasteiger partial charge < -0.3 is 14.6 Å². The van der Waals surface area contributed by atoms with E-state index < -0.39 is 5.76 Å². The highest BCUT2D eigenvalue weighted by Crippen LogP contribution is 2.25. The lowest BCUT2D eigenvalue weighted by Crippen LogP contribution is -2.23. The number of rotatable bonds is 8. The van der Waals surface area contributed by atoms with Crippen LogP contribution < -0.4 is 11.1 Å². The molecule has 2 aromatic carbocycles. The molecule has 154 valence electrons. The maximum atomic E-state index is 12.3. The van der Waals surface area contributed by atoms with Gasteiger partial charge in [-0.05, 0) is 50.0 Å². The Kier molecular flexibility index (Phi) is 7.29. The molecule has 0 saturated carbocycles. The Bertz CT molecular complexity index is 1080. The number of nitrogens with one attached hydrogen (secondary N) is 1. The number of oxazole rings is 1. The largest absolute Gasteiger partial charge is 0.419 e. The van der Waals surface area contributed by atoms with Gasteiger partial charge in [-0.2, -0.15) is 0 Å². The summed E-state index contributed by atoms with van der Waals surface area (Å²) >= 11 is 13.5. The summed E-state index contributed by atoms with van der Waals surface area (Å²) in [5, 5.41) is 4.04. The van der Waals surface area contributed by atoms with Gasteiger partial charge in [0.05, 0.1) is 11.3 Å². The Balaban J connectivity index is 1.62. The van der Waals surface area contributed by atoms with E-state index in [2.05, 4.69) is 5.32 Å². The van der Waals surface area contributed by atoms with Crippen molar-refractivity contribution in [2.75, 3.05) is 31.7 Å². The summed E-state index contributed by atoms with van der Waals surface area (Å²) in [5.74, 6) is 0.343. The lowest BCUT2D eigenvalue weighted by atomic mass is 10.2. The number of likely N-dealkylation sites (N-methyl/N-ethyl adjacent to an activating group) is 1. The third-order valence-corrected chi connectivity index (χ3v) is 5.80. The third-order valence-electron chi connectivity index (χ3n) is 4.23. The van der Waals surface area contributed by atoms with Gasteiger partial charge in [0.25, 0.3) is 0 Å². The molecule has 1 N–H and O–H groups in total. The molecule has 0 aliphatic heterocycles. The first-order valence-corrected chi connectivity index (χ1v) is 10.8. The van der Waals surface area contributed by atoms with Gasteiger partial charge in [-0.15, -0.1) is 11.8 Å². The van der Waals surface area contributed by atoms with E-state index in [1.165, 1.54) is 11.8 Å². The highest BCUT2D eigenvalue weighted by molar-refractivity contribution is 7.99. The number of amides is 1. The number of halogens is 2. The monoisotopic (exact) mass is 453 g/mol. The molecule has 0 atom stereocenters. The summed E-state index contributed by atoms with van der Waals surface area (Å²) in [7, 11) is 3.88. The van der Waals surface area contributed by atoms with Gasteiger partial charge in [0.2, 0.25) is 5.91 Å². The van der Waals surface area contributed by atoms with Gasteiger partial charge in [-0.3, -0.25) is 9.36 Å². The Morgan fingerprint density at radius 1 is 1.21 bits per heavy atom. The van der Waals surface area contributed by atoms with Crippen LogP contribution in [0, 0.1) is 0 Å². The quantitative estimate of drug-likeness (QED) is 0.549. The summed E-state index contributed by atoms with van der Waals surface area (Å²) in [5.41, 5.74) is 2.71. The van der Waals surface area contributed by atoms with Crippen LogP contribution in [0.1, 0.15) is 5.56 Å². The van der Waals surface area contributed by atoms with Crippen LogP contribution >= 0.6 is 35.0 Å². The van der Waals surface area contributed by atoms with Crippen LogP contribution in [0.15, 0.2) is 45.6 Å². The van der Waals surface area contributed by atoms with Crippen molar-refractivity contribution in [3.63, 3.8) is 0 Å². The van der Waals surface area contributed by atoms with Crippen LogP contribution in [0.4, 0.5) is 5.69 Å². The molecule has 3 rings (SSSR count). The molecule has 1 amide bonds. The average Bonchev–Trinajstić information content (AvgIpc) is 2.96. The van der Waals surface area contributed by atoms with E-state index in [0.29, 0.717) is 45.7 Å². The zero-order valence-corrected chi connectivity index (χ0v) is 18.4. The minimum atomic E-state index is -0.402. The van der Waals surface area contributed by atoms with Gasteiger partial charge in [0.1, 0.15) is 0 Å². The average molecular weight is 454 g/mol. The zero-order valence-electron chi connectivity index (χ0n) is 16.1. The molecule has 3 aromatic rings. The summed E-state index contributed by atoms with van der Waals surface area (Å²) in [4.78, 5) is 26.4. The van der Waals surface area contributed by atoms with E-state index >= 15 is 0 Å². The highest BCUT2D eigenvalue weighted by Gasteiger charge is 2.12. The topological polar surface area (TPSA) is 67.5 Å². The van der Waals surface area contributed by atoms with Gasteiger partial charge in [-0.1, -0.05) is 29.3 Å². The van der Waals surface area contributed by atoms with E-state index in [1.54, 1.807) is 34.9 Å². The first-order valence-electron chi connectivity index (χ1n) is 8.93. The molecule has 0 aliphatic rings. The molecule has 6 nitrogen and oxygen atoms in total. The first kappa shape index (κ1) is 21.8. The smallest absolute Gasteiger partial charge is 0.408 e. The summed E-state index contributed by atoms with van der Waals surface area (Å²) in [6, 6.07) is 10.5. The summed E-state index contributed by atoms with van der Waals surface area (Å²) in [6.07, 6.45) is 0. The standard InChI is InChI=1S/C20H21Cl2N3O3S/c1-24(2)7-8-25-17-10-15(5-6-18(17)28-20(25)27)23-19(26)12-29-11-13-3-4-14(21)9-16(13)22/h3-6,9-10H,7-8,11-12H2,1-2H3,(H,23,26). The molecule has 0 saturated heterocycles. The molecule has 0 radical (unpaired) electrons. The predicted octanol–water partition coefficient (Wildman–Crippen LogP) is 4.33. The molecule has 0 unspecified atom stereocenters. The van der Waals surface area contributed by atoms with Crippen molar-refractivity contribution >= 4 is 57.7 Å². The SMILES string of the molecule is CN(C)CCn1c(=O)oc2ccc(NC(=O)CSCc3ccc(Cl)cc3Cl)cc21. The fraction of sp³-hybridized carbons (Fsp3) is 0.300. The van der Waals surface area contributed by atoms with Crippen LogP contribution in [-0.2, 0) is 17.1 Å². The second kappa shape index (κ2) is 9.71. The minimum Gasteiger partial charge on any atom is -0.408 e. The number of fused-ring (bicyclic) bond motifs is 1. The van der Waals surface area contributed by atoms with E-state index in [4.69, 9.17) is 27.6 Å². The van der Waals surface area contributed by atoms with Crippen LogP contribution in [0.2, 0.25) is 10.0 Å². The van der Waals surface area contributed by atoms with Crippen molar-refractivity contribution in [1.29, 1.82) is 0 Å². The summed E-state index contributed by atoms with van der Waals surface area (Å²) in [6.45, 7) is 1.21. The fourth-order valence-corrected chi connectivity index (χ4v) is 4.13. The van der Waals surface area contributed by atoms with E-state index in [9.17, 15) is 9.59 Å². The molecule has 1 heterocycles. The molecule has 1 aromatic heterocycles. The maximum Gasteiger partial charge on any atom is 0.419 e. The number of nitrogens with zero attached hydrogens (tertiary/aromatic N) is 2. The van der Waals surface area contributed by atoms with Crippen molar-refractivity contribution in [3.05, 3.63) is 62.6 Å². The molecule has 29 heavy (non-hydrogen) atoms. The predicted molar refractivity (Wildman–Crippen MR) is 120 cm³/mol. The molecule has 0 bridgehead atoms. The highest BCUT2D eigenvalue weighted by atomic mass is 35.5. The number of carbonyl (C=O) groups excluding carboxylic acids is 1. The Morgan fingerprint density at radius 3 is 2.72 bits per heavy atom. The second-order valence-corrected chi connectivity index (χ2v) is 8.61. The zero-order chi connectivity index (χ0) is 21.0. The maximum absolute atomic E-state index is 12.3. The molecular weight excluding hydrogens is 433 g/mol. The third kappa shape index (κ3) is 5.79. The number of thioether (sulfide) groups is 1. The lowest BCUT2D eigenvalue weighted by Gasteiger charge is -2.10. The molecule has 9 heteroatoms. The Labute approximate surface area is 182 Å². The molecule has 0 aliphatic carbocycles. The van der Waals surface area contributed by atoms with Crippen molar-refractivity contribution < 1.29 is 9.21 Å². The first-order chi connectivity index (χ1) is 13.8. The number of benzene rings is 2. The lowest BCUT2D eigenvalue weighted by molar-refractivity contribution is -0.113. The fourth-order valence-electron chi connectivity index (χ4n) is 2.74. The molecule has 0 spiro atoms. The second-order valence-electron chi connectivity index (χ2n) is 6.78. The van der Waals surface area contributed by atoms with E-state index in [-0.39, 0.29) is 11.7 Å². The van der Waals surface area contributed by atoms with Gasteiger partial charge >= 0.3 is 5.76 Å². The molecular formula is C20H21Cl2N3O3S. The van der Waals surface area contributed by atoms with Crippen LogP contribution in [0.3, 0.4) is 0 Å². The minimum absolute atomic E-state index is 0.134. The summed E-state index contributed by atoms with van der Waals surface area (Å²) < 4.78 is 6.85. The number of anilines is 1. The number of aromatic nitrogens is 1. The van der Waals surface area contributed by atoms with Crippen LogP contribution in [0.25, 0.3) is 11.1 Å². The Morgan fingerprint density at radius 2 is 2.00 bits per heavy atom. The van der Waals surface area contributed by atoms with Crippen LogP contribution in [-0.4, -0.2) is 41.8 Å². The van der Waals surface area contributed by atoms with Gasteiger partial charge in [0, 0.05) is 34.6 Å². The number of carbonyl (C=O) groups is 1. The van der Waals surface area contributed by atoms with E-state index in [0.717, 1.165) is 5.56 Å². The Hall–Kier alpha value is -1.93. The van der Waals surface area contributed by atoms with Crippen molar-refractivity contribution in [2.45, 2.75) is 12.3 Å². The number of hydrogen-bond donors (Lipinski definition) is 1. The van der Waals surface area contributed by atoms with E-state index in [1.807, 2.05) is 25.1 Å². The van der Waals surface area contributed by atoms with Crippen molar-refractivity contribution in [2.24, 2.45) is 0 Å². The van der Waals surface area contributed by atoms with Crippen molar-refractivity contribution in [3.8, 4) is 0 Å². The van der Waals surface area contributed by atoms with Crippen molar-refractivity contribution in [1.82, 2.24) is 9.47 Å². The normalized spacial score (nSPS) is 11.3. The van der Waals surface area contributed by atoms with Gasteiger partial charge in [-0.25, -0.2) is 4.79 Å².